The second-order valence-electron chi connectivity index (χ2n) is 10.9. The Morgan fingerprint density at radius 1 is 1.02 bits per heavy atom. The molecule has 1 aromatic carbocycles. The average Bonchev–Trinajstić information content (AvgIpc) is 3.36. The maximum atomic E-state index is 14.0. The van der Waals surface area contributed by atoms with Crippen molar-refractivity contribution in [2.24, 2.45) is 0 Å². The van der Waals surface area contributed by atoms with Gasteiger partial charge in [0.05, 0.1) is 5.39 Å². The van der Waals surface area contributed by atoms with Gasteiger partial charge in [0.1, 0.15) is 23.1 Å². The molecule has 2 saturated heterocycles. The van der Waals surface area contributed by atoms with Crippen molar-refractivity contribution >= 4 is 22.6 Å². The zero-order valence-corrected chi connectivity index (χ0v) is 23.0. The largest absolute Gasteiger partial charge is 0.487 e. The van der Waals surface area contributed by atoms with E-state index in [9.17, 15) is 14.0 Å². The van der Waals surface area contributed by atoms with Gasteiger partial charge in [-0.05, 0) is 62.4 Å². The third-order valence-electron chi connectivity index (χ3n) is 8.41. The normalized spacial score (nSPS) is 17.6. The Kier molecular flexibility index (Phi) is 7.56. The summed E-state index contributed by atoms with van der Waals surface area (Å²) in [4.78, 5) is 36.2. The Balaban J connectivity index is 1.12. The van der Waals surface area contributed by atoms with Crippen LogP contribution < -0.4 is 10.3 Å². The fourth-order valence-electron chi connectivity index (χ4n) is 6.15. The molecule has 2 aliphatic rings. The number of ether oxygens (including phenoxy) is 1. The number of para-hydroxylation sites is 1. The van der Waals surface area contributed by atoms with Crippen molar-refractivity contribution in [2.75, 3.05) is 26.2 Å². The molecule has 0 aliphatic carbocycles. The van der Waals surface area contributed by atoms with Gasteiger partial charge < -0.3 is 14.2 Å². The summed E-state index contributed by atoms with van der Waals surface area (Å²) in [6.07, 6.45) is 7.16. The molecule has 0 unspecified atom stereocenters. The molecular formula is C31H36FN5O3. The minimum absolute atomic E-state index is 0.0224. The highest BCUT2D eigenvalue weighted by Gasteiger charge is 2.32. The maximum absolute atomic E-state index is 14.0. The molecule has 210 valence electrons. The molecule has 0 radical (unpaired) electrons. The molecule has 0 atom stereocenters. The van der Waals surface area contributed by atoms with E-state index in [-0.39, 0.29) is 23.4 Å². The number of hydrogen-bond donors (Lipinski definition) is 0. The smallest absolute Gasteiger partial charge is 0.270 e. The number of halogens is 1. The molecule has 1 amide bonds. The van der Waals surface area contributed by atoms with Crippen molar-refractivity contribution in [3.63, 3.8) is 0 Å². The first-order valence-corrected chi connectivity index (χ1v) is 14.5. The quantitative estimate of drug-likeness (QED) is 0.336. The van der Waals surface area contributed by atoms with E-state index in [1.807, 2.05) is 27.7 Å². The Hall–Kier alpha value is -3.72. The standard InChI is InChI=1S/C31H36FN5O3/c1-2-3-15-36-26(21-24-29(36)33-28-10-6-7-16-37(28)30(24)38)31(39)35-17-11-22(12-18-35)34-19-13-23(14-20-34)40-27-9-5-4-8-25(27)32/h4-10,16,21-23H,2-3,11-15,17-20H2,1H3. The van der Waals surface area contributed by atoms with E-state index in [2.05, 4.69) is 11.8 Å². The molecule has 5 heterocycles. The van der Waals surface area contributed by atoms with E-state index in [0.29, 0.717) is 53.8 Å². The number of carbonyl (C=O) groups is 1. The van der Waals surface area contributed by atoms with Gasteiger partial charge >= 0.3 is 0 Å². The van der Waals surface area contributed by atoms with Crippen LogP contribution in [0.2, 0.25) is 0 Å². The van der Waals surface area contributed by atoms with Gasteiger partial charge in [-0.3, -0.25) is 18.9 Å². The molecule has 9 heteroatoms. The Morgan fingerprint density at radius 2 is 1.77 bits per heavy atom. The molecule has 2 fully saturated rings. The van der Waals surface area contributed by atoms with Crippen LogP contribution in [0.4, 0.5) is 4.39 Å². The second-order valence-corrected chi connectivity index (χ2v) is 10.9. The van der Waals surface area contributed by atoms with Crippen LogP contribution in [-0.2, 0) is 6.54 Å². The molecule has 2 aliphatic heterocycles. The monoisotopic (exact) mass is 545 g/mol. The van der Waals surface area contributed by atoms with E-state index in [1.54, 1.807) is 30.5 Å². The third-order valence-corrected chi connectivity index (χ3v) is 8.41. The van der Waals surface area contributed by atoms with Gasteiger partial charge in [0, 0.05) is 45.0 Å². The number of fused-ring (bicyclic) bond motifs is 2. The number of unbranched alkanes of at least 4 members (excludes halogenated alkanes) is 1. The molecule has 40 heavy (non-hydrogen) atoms. The van der Waals surface area contributed by atoms with Crippen molar-refractivity contribution in [3.8, 4) is 5.75 Å². The third kappa shape index (κ3) is 5.10. The van der Waals surface area contributed by atoms with E-state index in [4.69, 9.17) is 9.72 Å². The van der Waals surface area contributed by atoms with Crippen LogP contribution in [0.25, 0.3) is 16.7 Å². The number of aryl methyl sites for hydroxylation is 1. The summed E-state index contributed by atoms with van der Waals surface area (Å²) >= 11 is 0. The first-order valence-electron chi connectivity index (χ1n) is 14.5. The lowest BCUT2D eigenvalue weighted by atomic mass is 9.98. The number of rotatable bonds is 7. The van der Waals surface area contributed by atoms with Crippen LogP contribution in [0, 0.1) is 5.82 Å². The number of benzene rings is 1. The van der Waals surface area contributed by atoms with E-state index in [1.165, 1.54) is 10.5 Å². The van der Waals surface area contributed by atoms with Crippen LogP contribution in [0.3, 0.4) is 0 Å². The van der Waals surface area contributed by atoms with Crippen LogP contribution in [-0.4, -0.2) is 68.0 Å². The summed E-state index contributed by atoms with van der Waals surface area (Å²) in [5.74, 6) is -0.0156. The van der Waals surface area contributed by atoms with Gasteiger partial charge in [0.25, 0.3) is 11.5 Å². The minimum atomic E-state index is -0.315. The summed E-state index contributed by atoms with van der Waals surface area (Å²) < 4.78 is 23.4. The van der Waals surface area contributed by atoms with Gasteiger partial charge in [-0.2, -0.15) is 0 Å². The highest BCUT2D eigenvalue weighted by atomic mass is 19.1. The van der Waals surface area contributed by atoms with Crippen LogP contribution in [0.15, 0.2) is 59.5 Å². The zero-order chi connectivity index (χ0) is 27.6. The highest BCUT2D eigenvalue weighted by molar-refractivity contribution is 5.98. The SMILES string of the molecule is CCCCn1c(C(=O)N2CCC(N3CCC(Oc4ccccc4F)CC3)CC2)cc2c(=O)n3ccccc3nc21. The van der Waals surface area contributed by atoms with Crippen molar-refractivity contribution < 1.29 is 13.9 Å². The topological polar surface area (TPSA) is 72.1 Å². The number of nitrogens with zero attached hydrogens (tertiary/aromatic N) is 5. The van der Waals surface area contributed by atoms with Crippen molar-refractivity contribution in [3.05, 3.63) is 76.6 Å². The predicted molar refractivity (Wildman–Crippen MR) is 152 cm³/mol. The number of amides is 1. The van der Waals surface area contributed by atoms with Gasteiger partial charge in [-0.1, -0.05) is 31.5 Å². The molecular weight excluding hydrogens is 509 g/mol. The summed E-state index contributed by atoms with van der Waals surface area (Å²) in [6, 6.07) is 14.2. The van der Waals surface area contributed by atoms with E-state index in [0.717, 1.165) is 51.6 Å². The van der Waals surface area contributed by atoms with Gasteiger partial charge in [-0.25, -0.2) is 9.37 Å². The number of aromatic nitrogens is 3. The number of carbonyl (C=O) groups excluding carboxylic acids is 1. The van der Waals surface area contributed by atoms with Crippen LogP contribution >= 0.6 is 0 Å². The lowest BCUT2D eigenvalue weighted by molar-refractivity contribution is 0.0412. The number of piperidine rings is 2. The first kappa shape index (κ1) is 26.5. The van der Waals surface area contributed by atoms with Crippen molar-refractivity contribution in [1.82, 2.24) is 23.8 Å². The summed E-state index contributed by atoms with van der Waals surface area (Å²) in [6.45, 7) is 5.94. The molecule has 0 spiro atoms. The van der Waals surface area contributed by atoms with Crippen molar-refractivity contribution in [1.29, 1.82) is 0 Å². The Bertz CT molecular complexity index is 1560. The summed E-state index contributed by atoms with van der Waals surface area (Å²) in [7, 11) is 0. The molecule has 0 bridgehead atoms. The average molecular weight is 546 g/mol. The van der Waals surface area contributed by atoms with Gasteiger partial charge in [0.2, 0.25) is 0 Å². The van der Waals surface area contributed by atoms with Gasteiger partial charge in [-0.15, -0.1) is 0 Å². The van der Waals surface area contributed by atoms with Crippen LogP contribution in [0.1, 0.15) is 55.9 Å². The number of hydrogen-bond acceptors (Lipinski definition) is 5. The van der Waals surface area contributed by atoms with E-state index < -0.39 is 0 Å². The molecule has 0 saturated carbocycles. The second kappa shape index (κ2) is 11.4. The van der Waals surface area contributed by atoms with Crippen molar-refractivity contribution in [2.45, 2.75) is 64.1 Å². The molecule has 8 nitrogen and oxygen atoms in total. The zero-order valence-electron chi connectivity index (χ0n) is 23.0. The van der Waals surface area contributed by atoms with Gasteiger partial charge in [0.15, 0.2) is 11.6 Å². The Morgan fingerprint density at radius 3 is 2.52 bits per heavy atom. The molecule has 4 aromatic rings. The lowest BCUT2D eigenvalue weighted by Crippen LogP contribution is -2.50. The lowest BCUT2D eigenvalue weighted by Gasteiger charge is -2.41. The molecule has 6 rings (SSSR count). The fraction of sp³-hybridized carbons (Fsp3) is 0.452. The predicted octanol–water partition coefficient (Wildman–Crippen LogP) is 4.74. The summed E-state index contributed by atoms with van der Waals surface area (Å²) in [5, 5.41) is 0.485. The molecule has 0 N–H and O–H groups in total. The number of pyridine rings is 1. The van der Waals surface area contributed by atoms with E-state index >= 15 is 0 Å². The fourth-order valence-corrected chi connectivity index (χ4v) is 6.15. The van der Waals surface area contributed by atoms with Crippen LogP contribution in [0.5, 0.6) is 5.75 Å². The number of likely N-dealkylation sites (tertiary alicyclic amines) is 2. The minimum Gasteiger partial charge on any atom is -0.487 e. The Labute approximate surface area is 233 Å². The highest BCUT2D eigenvalue weighted by Crippen LogP contribution is 2.27. The molecule has 3 aromatic heterocycles. The summed E-state index contributed by atoms with van der Waals surface area (Å²) in [5.41, 5.74) is 1.57. The maximum Gasteiger partial charge on any atom is 0.270 e. The first-order chi connectivity index (χ1) is 19.5.